The summed E-state index contributed by atoms with van der Waals surface area (Å²) in [6.07, 6.45) is 1.32. The summed E-state index contributed by atoms with van der Waals surface area (Å²) in [6, 6.07) is 6.39. The molecule has 2 aliphatic heterocycles. The van der Waals surface area contributed by atoms with E-state index in [0.717, 1.165) is 6.42 Å². The van der Waals surface area contributed by atoms with Crippen molar-refractivity contribution in [2.24, 2.45) is 5.92 Å². The van der Waals surface area contributed by atoms with Crippen LogP contribution in [0, 0.1) is 5.92 Å². The van der Waals surface area contributed by atoms with Crippen molar-refractivity contribution in [3.8, 4) is 0 Å². The summed E-state index contributed by atoms with van der Waals surface area (Å²) in [7, 11) is 0. The van der Waals surface area contributed by atoms with Gasteiger partial charge in [0, 0.05) is 0 Å². The smallest absolute Gasteiger partial charge is 0.338 e. The van der Waals surface area contributed by atoms with Gasteiger partial charge in [0.2, 0.25) is 0 Å². The molecule has 0 radical (unpaired) electrons. The van der Waals surface area contributed by atoms with Gasteiger partial charge < -0.3 is 9.57 Å². The lowest BCUT2D eigenvalue weighted by atomic mass is 9.92. The fourth-order valence-corrected chi connectivity index (χ4v) is 2.60. The average molecular weight is 303 g/mol. The van der Waals surface area contributed by atoms with Crippen LogP contribution in [-0.2, 0) is 14.4 Å². The van der Waals surface area contributed by atoms with Crippen LogP contribution in [0.3, 0.4) is 0 Å². The quantitative estimate of drug-likeness (QED) is 0.781. The number of benzene rings is 1. The van der Waals surface area contributed by atoms with Crippen molar-refractivity contribution in [3.63, 3.8) is 0 Å². The molecule has 1 fully saturated rings. The molecule has 3 rings (SSSR count). The van der Waals surface area contributed by atoms with Crippen molar-refractivity contribution in [3.05, 3.63) is 35.4 Å². The standard InChI is InChI=1S/C16H17NO5/c1-16(2)8-7-10(9-21-16)15(20)22-17-13(18)11-5-3-4-6-12(11)14(17)19/h3-6,10H,7-9H2,1-2H3. The van der Waals surface area contributed by atoms with Gasteiger partial charge in [-0.3, -0.25) is 9.59 Å². The molecule has 2 aliphatic rings. The Kier molecular flexibility index (Phi) is 3.48. The molecule has 0 aromatic heterocycles. The molecule has 6 heteroatoms. The molecule has 0 bridgehead atoms. The first-order valence-corrected chi connectivity index (χ1v) is 7.23. The van der Waals surface area contributed by atoms with Crippen LogP contribution in [0.5, 0.6) is 0 Å². The van der Waals surface area contributed by atoms with Crippen LogP contribution >= 0.6 is 0 Å². The van der Waals surface area contributed by atoms with Gasteiger partial charge in [0.25, 0.3) is 11.8 Å². The summed E-state index contributed by atoms with van der Waals surface area (Å²) in [5.74, 6) is -2.28. The normalized spacial score (nSPS) is 23.4. The average Bonchev–Trinajstić information content (AvgIpc) is 2.73. The second-order valence-electron chi connectivity index (χ2n) is 6.17. The highest BCUT2D eigenvalue weighted by molar-refractivity contribution is 6.20. The Balaban J connectivity index is 1.69. The first-order valence-electron chi connectivity index (χ1n) is 7.23. The number of carbonyl (C=O) groups is 3. The van der Waals surface area contributed by atoms with Gasteiger partial charge >= 0.3 is 5.97 Å². The fraction of sp³-hybridized carbons (Fsp3) is 0.438. The van der Waals surface area contributed by atoms with E-state index < -0.39 is 23.7 Å². The van der Waals surface area contributed by atoms with Crippen molar-refractivity contribution in [2.45, 2.75) is 32.3 Å². The number of hydrogen-bond acceptors (Lipinski definition) is 5. The number of carbonyl (C=O) groups excluding carboxylic acids is 3. The van der Waals surface area contributed by atoms with Crippen LogP contribution in [0.15, 0.2) is 24.3 Å². The van der Waals surface area contributed by atoms with Crippen LogP contribution in [0.1, 0.15) is 47.4 Å². The number of amides is 2. The van der Waals surface area contributed by atoms with Gasteiger partial charge in [-0.1, -0.05) is 17.2 Å². The highest BCUT2D eigenvalue weighted by atomic mass is 16.7. The van der Waals surface area contributed by atoms with Crippen LogP contribution in [0.25, 0.3) is 0 Å². The van der Waals surface area contributed by atoms with Crippen LogP contribution in [0.4, 0.5) is 0 Å². The first-order chi connectivity index (χ1) is 10.4. The van der Waals surface area contributed by atoms with Crippen LogP contribution in [0.2, 0.25) is 0 Å². The second-order valence-corrected chi connectivity index (χ2v) is 6.17. The van der Waals surface area contributed by atoms with E-state index >= 15 is 0 Å². The van der Waals surface area contributed by atoms with E-state index in [4.69, 9.17) is 9.57 Å². The number of imide groups is 1. The lowest BCUT2D eigenvalue weighted by Gasteiger charge is -2.33. The molecular weight excluding hydrogens is 286 g/mol. The summed E-state index contributed by atoms with van der Waals surface area (Å²) in [6.45, 7) is 4.15. The maximum atomic E-state index is 12.2. The summed E-state index contributed by atoms with van der Waals surface area (Å²) in [4.78, 5) is 41.5. The number of rotatable bonds is 2. The largest absolute Gasteiger partial charge is 0.375 e. The van der Waals surface area contributed by atoms with E-state index in [0.29, 0.717) is 11.5 Å². The Morgan fingerprint density at radius 1 is 1.23 bits per heavy atom. The van der Waals surface area contributed by atoms with E-state index in [-0.39, 0.29) is 23.3 Å². The summed E-state index contributed by atoms with van der Waals surface area (Å²) in [5, 5.41) is 0.548. The summed E-state index contributed by atoms with van der Waals surface area (Å²) < 4.78 is 5.59. The molecule has 0 spiro atoms. The van der Waals surface area contributed by atoms with Gasteiger partial charge in [0.15, 0.2) is 0 Å². The Bertz CT molecular complexity index is 607. The van der Waals surface area contributed by atoms with Gasteiger partial charge in [0.05, 0.1) is 29.3 Å². The Morgan fingerprint density at radius 3 is 2.32 bits per heavy atom. The third-order valence-corrected chi connectivity index (χ3v) is 4.04. The predicted molar refractivity (Wildman–Crippen MR) is 75.8 cm³/mol. The number of fused-ring (bicyclic) bond motifs is 1. The highest BCUT2D eigenvalue weighted by Gasteiger charge is 2.41. The highest BCUT2D eigenvalue weighted by Crippen LogP contribution is 2.29. The zero-order valence-corrected chi connectivity index (χ0v) is 12.5. The van der Waals surface area contributed by atoms with Crippen molar-refractivity contribution < 1.29 is 24.0 Å². The van der Waals surface area contributed by atoms with E-state index in [1.165, 1.54) is 12.1 Å². The van der Waals surface area contributed by atoms with E-state index in [2.05, 4.69) is 0 Å². The molecule has 22 heavy (non-hydrogen) atoms. The molecule has 2 amide bonds. The van der Waals surface area contributed by atoms with Crippen molar-refractivity contribution >= 4 is 17.8 Å². The summed E-state index contributed by atoms with van der Waals surface area (Å²) >= 11 is 0. The third-order valence-electron chi connectivity index (χ3n) is 4.04. The molecule has 2 heterocycles. The van der Waals surface area contributed by atoms with E-state index in [9.17, 15) is 14.4 Å². The minimum atomic E-state index is -0.606. The Labute approximate surface area is 127 Å². The molecule has 1 unspecified atom stereocenters. The third kappa shape index (κ3) is 2.50. The zero-order chi connectivity index (χ0) is 15.9. The maximum absolute atomic E-state index is 12.2. The molecule has 1 saturated heterocycles. The van der Waals surface area contributed by atoms with Crippen molar-refractivity contribution in [1.82, 2.24) is 5.06 Å². The minimum absolute atomic E-state index is 0.231. The number of nitrogens with zero attached hydrogens (tertiary/aromatic N) is 1. The minimum Gasteiger partial charge on any atom is -0.375 e. The first kappa shape index (κ1) is 14.7. The molecule has 1 atom stereocenters. The van der Waals surface area contributed by atoms with Crippen LogP contribution in [-0.4, -0.2) is 35.1 Å². The number of hydrogen-bond donors (Lipinski definition) is 0. The number of hydroxylamine groups is 2. The van der Waals surface area contributed by atoms with Crippen molar-refractivity contribution in [1.29, 1.82) is 0 Å². The molecule has 0 saturated carbocycles. The molecule has 1 aromatic carbocycles. The molecular formula is C16H17NO5. The van der Waals surface area contributed by atoms with E-state index in [1.807, 2.05) is 13.8 Å². The fourth-order valence-electron chi connectivity index (χ4n) is 2.60. The van der Waals surface area contributed by atoms with Gasteiger partial charge in [0.1, 0.15) is 0 Å². The molecule has 116 valence electrons. The molecule has 6 nitrogen and oxygen atoms in total. The predicted octanol–water partition coefficient (Wildman–Crippen LogP) is 1.95. The molecule has 0 N–H and O–H groups in total. The topological polar surface area (TPSA) is 72.9 Å². The maximum Gasteiger partial charge on any atom is 0.338 e. The Hall–Kier alpha value is -2.21. The van der Waals surface area contributed by atoms with Gasteiger partial charge in [-0.05, 0) is 38.8 Å². The second kappa shape index (κ2) is 5.21. The van der Waals surface area contributed by atoms with Crippen molar-refractivity contribution in [2.75, 3.05) is 6.61 Å². The monoisotopic (exact) mass is 303 g/mol. The molecule has 0 aliphatic carbocycles. The lowest BCUT2D eigenvalue weighted by Crippen LogP contribution is -2.41. The molecule has 1 aromatic rings. The van der Waals surface area contributed by atoms with Crippen LogP contribution < -0.4 is 0 Å². The van der Waals surface area contributed by atoms with Gasteiger partial charge in [-0.25, -0.2) is 4.79 Å². The summed E-state index contributed by atoms with van der Waals surface area (Å²) in [5.41, 5.74) is 0.245. The van der Waals surface area contributed by atoms with E-state index in [1.54, 1.807) is 12.1 Å². The lowest BCUT2D eigenvalue weighted by molar-refractivity contribution is -0.182. The van der Waals surface area contributed by atoms with Gasteiger partial charge in [-0.15, -0.1) is 0 Å². The Morgan fingerprint density at radius 2 is 1.82 bits per heavy atom. The van der Waals surface area contributed by atoms with Gasteiger partial charge in [-0.2, -0.15) is 0 Å². The zero-order valence-electron chi connectivity index (χ0n) is 12.5. The SMILES string of the molecule is CC1(C)CCC(C(=O)ON2C(=O)c3ccccc3C2=O)CO1. The number of ether oxygens (including phenoxy) is 1.